The van der Waals surface area contributed by atoms with Crippen molar-refractivity contribution in [2.24, 2.45) is 0 Å². The van der Waals surface area contributed by atoms with Crippen LogP contribution < -0.4 is 0 Å². The summed E-state index contributed by atoms with van der Waals surface area (Å²) >= 11 is 0. The lowest BCUT2D eigenvalue weighted by molar-refractivity contribution is 0.0430. The van der Waals surface area contributed by atoms with Gasteiger partial charge >= 0.3 is 11.9 Å². The van der Waals surface area contributed by atoms with Crippen molar-refractivity contribution in [3.63, 3.8) is 0 Å². The van der Waals surface area contributed by atoms with Crippen LogP contribution in [0.3, 0.4) is 0 Å². The second-order valence-corrected chi connectivity index (χ2v) is 5.06. The molecular formula is C18H18O7. The largest absolute Gasteiger partial charge is 0.508 e. The van der Waals surface area contributed by atoms with E-state index >= 15 is 0 Å². The fourth-order valence-corrected chi connectivity index (χ4v) is 2.13. The van der Waals surface area contributed by atoms with Crippen LogP contribution in [0.15, 0.2) is 42.5 Å². The van der Waals surface area contributed by atoms with Crippen LogP contribution in [0.1, 0.15) is 20.7 Å². The maximum atomic E-state index is 12.1. The lowest BCUT2D eigenvalue weighted by Gasteiger charge is -2.10. The number of carbonyl (C=O) groups excluding carboxylic acids is 2. The normalized spacial score (nSPS) is 10.3. The fourth-order valence-electron chi connectivity index (χ4n) is 2.13. The van der Waals surface area contributed by atoms with Gasteiger partial charge in [-0.1, -0.05) is 12.1 Å². The van der Waals surface area contributed by atoms with Crippen molar-refractivity contribution in [3.05, 3.63) is 53.6 Å². The summed E-state index contributed by atoms with van der Waals surface area (Å²) in [5.74, 6) is -1.29. The number of hydrogen-bond acceptors (Lipinski definition) is 7. The van der Waals surface area contributed by atoms with Crippen molar-refractivity contribution in [3.8, 4) is 16.9 Å². The van der Waals surface area contributed by atoms with Crippen molar-refractivity contribution in [1.82, 2.24) is 0 Å². The van der Waals surface area contributed by atoms with E-state index in [1.165, 1.54) is 30.3 Å². The maximum absolute atomic E-state index is 12.1. The standard InChI is InChI=1S/C18H18O7/c19-5-7-24-17(22)14-9-13(12-1-3-16(21)4-2-12)10-15(11-14)18(23)25-8-6-20/h1-4,9-11,19-21H,5-8H2. The van der Waals surface area contributed by atoms with E-state index in [0.717, 1.165) is 0 Å². The molecule has 0 radical (unpaired) electrons. The molecule has 0 spiro atoms. The lowest BCUT2D eigenvalue weighted by atomic mass is 9.99. The summed E-state index contributed by atoms with van der Waals surface area (Å²) in [7, 11) is 0. The predicted octanol–water partition coefficient (Wildman–Crippen LogP) is 1.36. The number of rotatable bonds is 7. The zero-order valence-corrected chi connectivity index (χ0v) is 13.3. The molecule has 0 aliphatic carbocycles. The van der Waals surface area contributed by atoms with Gasteiger partial charge in [0.25, 0.3) is 0 Å². The van der Waals surface area contributed by atoms with Gasteiger partial charge in [-0.2, -0.15) is 0 Å². The second kappa shape index (κ2) is 8.81. The Morgan fingerprint density at radius 1 is 0.760 bits per heavy atom. The third-order valence-electron chi connectivity index (χ3n) is 3.25. The van der Waals surface area contributed by atoms with Gasteiger partial charge in [-0.15, -0.1) is 0 Å². The van der Waals surface area contributed by atoms with Crippen LogP contribution in [-0.2, 0) is 9.47 Å². The molecule has 0 aliphatic heterocycles. The molecule has 2 aromatic carbocycles. The SMILES string of the molecule is O=C(OCCO)c1cc(C(=O)OCCO)cc(-c2ccc(O)cc2)c1. The number of benzene rings is 2. The van der Waals surface area contributed by atoms with Crippen molar-refractivity contribution >= 4 is 11.9 Å². The monoisotopic (exact) mass is 346 g/mol. The van der Waals surface area contributed by atoms with Crippen LogP contribution in [0.25, 0.3) is 11.1 Å². The summed E-state index contributed by atoms with van der Waals surface area (Å²) in [5.41, 5.74) is 1.46. The van der Waals surface area contributed by atoms with Crippen molar-refractivity contribution in [1.29, 1.82) is 0 Å². The second-order valence-electron chi connectivity index (χ2n) is 5.06. The molecule has 3 N–H and O–H groups in total. The molecule has 2 aromatic rings. The Labute approximate surface area is 144 Å². The third kappa shape index (κ3) is 5.03. The molecule has 25 heavy (non-hydrogen) atoms. The number of ether oxygens (including phenoxy) is 2. The highest BCUT2D eigenvalue weighted by molar-refractivity contribution is 5.97. The van der Waals surface area contributed by atoms with E-state index in [1.54, 1.807) is 12.1 Å². The van der Waals surface area contributed by atoms with Gasteiger partial charge in [0, 0.05) is 0 Å². The molecule has 0 amide bonds. The van der Waals surface area contributed by atoms with Gasteiger partial charge in [-0.05, 0) is 41.5 Å². The van der Waals surface area contributed by atoms with E-state index in [-0.39, 0.29) is 43.3 Å². The number of phenolic OH excluding ortho intramolecular Hbond substituents is 1. The van der Waals surface area contributed by atoms with Crippen molar-refractivity contribution in [2.45, 2.75) is 0 Å². The molecule has 7 heteroatoms. The van der Waals surface area contributed by atoms with Crippen LogP contribution in [0, 0.1) is 0 Å². The minimum Gasteiger partial charge on any atom is -0.508 e. The number of carbonyl (C=O) groups is 2. The van der Waals surface area contributed by atoms with Gasteiger partial charge in [0.1, 0.15) is 19.0 Å². The number of hydrogen-bond donors (Lipinski definition) is 3. The summed E-state index contributed by atoms with van der Waals surface area (Å²) in [6, 6.07) is 10.6. The first-order valence-corrected chi connectivity index (χ1v) is 7.55. The van der Waals surface area contributed by atoms with Gasteiger partial charge in [-0.25, -0.2) is 9.59 Å². The molecule has 0 heterocycles. The average Bonchev–Trinajstić information content (AvgIpc) is 2.64. The van der Waals surface area contributed by atoms with Gasteiger partial charge in [-0.3, -0.25) is 0 Å². The molecule has 0 unspecified atom stereocenters. The van der Waals surface area contributed by atoms with E-state index < -0.39 is 11.9 Å². The van der Waals surface area contributed by atoms with E-state index in [4.69, 9.17) is 19.7 Å². The first-order valence-electron chi connectivity index (χ1n) is 7.55. The lowest BCUT2D eigenvalue weighted by Crippen LogP contribution is -2.12. The summed E-state index contributed by atoms with van der Waals surface area (Å²) in [4.78, 5) is 24.1. The topological polar surface area (TPSA) is 113 Å². The van der Waals surface area contributed by atoms with Crippen molar-refractivity contribution < 1.29 is 34.4 Å². The van der Waals surface area contributed by atoms with Crippen molar-refractivity contribution in [2.75, 3.05) is 26.4 Å². The highest BCUT2D eigenvalue weighted by Crippen LogP contribution is 2.25. The number of esters is 2. The highest BCUT2D eigenvalue weighted by Gasteiger charge is 2.16. The molecular weight excluding hydrogens is 328 g/mol. The number of aliphatic hydroxyl groups is 2. The number of aliphatic hydroxyl groups excluding tert-OH is 2. The zero-order chi connectivity index (χ0) is 18.2. The van der Waals surface area contributed by atoms with E-state index in [2.05, 4.69) is 0 Å². The van der Waals surface area contributed by atoms with Gasteiger partial charge in [0.05, 0.1) is 24.3 Å². The Kier molecular flexibility index (Phi) is 6.50. The summed E-state index contributed by atoms with van der Waals surface area (Å²) in [5, 5.41) is 26.9. The summed E-state index contributed by atoms with van der Waals surface area (Å²) in [6.45, 7) is -0.942. The van der Waals surface area contributed by atoms with E-state index in [0.29, 0.717) is 11.1 Å². The number of aromatic hydroxyl groups is 1. The molecule has 0 aliphatic rings. The van der Waals surface area contributed by atoms with Gasteiger partial charge in [0.15, 0.2) is 0 Å². The Bertz CT molecular complexity index is 699. The van der Waals surface area contributed by atoms with Crippen LogP contribution in [-0.4, -0.2) is 53.7 Å². The molecule has 0 fully saturated rings. The number of phenols is 1. The molecule has 0 saturated heterocycles. The van der Waals surface area contributed by atoms with E-state index in [1.807, 2.05) is 0 Å². The molecule has 0 aromatic heterocycles. The first kappa shape index (κ1) is 18.4. The van der Waals surface area contributed by atoms with E-state index in [9.17, 15) is 14.7 Å². The fraction of sp³-hybridized carbons (Fsp3) is 0.222. The molecule has 132 valence electrons. The van der Waals surface area contributed by atoms with Crippen LogP contribution in [0.5, 0.6) is 5.75 Å². The zero-order valence-electron chi connectivity index (χ0n) is 13.3. The molecule has 7 nitrogen and oxygen atoms in total. The van der Waals surface area contributed by atoms with Gasteiger partial charge in [0.2, 0.25) is 0 Å². The average molecular weight is 346 g/mol. The molecule has 0 bridgehead atoms. The smallest absolute Gasteiger partial charge is 0.338 e. The highest BCUT2D eigenvalue weighted by atomic mass is 16.5. The summed E-state index contributed by atoms with van der Waals surface area (Å²) in [6.07, 6.45) is 0. The Morgan fingerprint density at radius 3 is 1.68 bits per heavy atom. The van der Waals surface area contributed by atoms with Gasteiger partial charge < -0.3 is 24.8 Å². The molecule has 0 atom stereocenters. The molecule has 2 rings (SSSR count). The Hall–Kier alpha value is -2.90. The minimum atomic E-state index is -0.689. The Morgan fingerprint density at radius 2 is 1.24 bits per heavy atom. The van der Waals surface area contributed by atoms with Crippen LogP contribution in [0.4, 0.5) is 0 Å². The summed E-state index contributed by atoms with van der Waals surface area (Å²) < 4.78 is 9.76. The first-order chi connectivity index (χ1) is 12.0. The van der Waals surface area contributed by atoms with Crippen LogP contribution >= 0.6 is 0 Å². The predicted molar refractivity (Wildman–Crippen MR) is 88.3 cm³/mol. The van der Waals surface area contributed by atoms with Crippen LogP contribution in [0.2, 0.25) is 0 Å². The molecule has 0 saturated carbocycles. The maximum Gasteiger partial charge on any atom is 0.338 e. The Balaban J connectivity index is 2.41. The quantitative estimate of drug-likeness (QED) is 0.649. The minimum absolute atomic E-state index is 0.0878. The third-order valence-corrected chi connectivity index (χ3v) is 3.25.